The average Bonchev–Trinajstić information content (AvgIpc) is 2.41. The third-order valence-electron chi connectivity index (χ3n) is 2.49. The number of benzene rings is 1. The van der Waals surface area contributed by atoms with Gasteiger partial charge in [-0.1, -0.05) is 25.1 Å². The maximum absolute atomic E-state index is 12.0. The van der Waals surface area contributed by atoms with Crippen LogP contribution in [0.1, 0.15) is 13.3 Å². The number of amides is 1. The number of carbonyl (C=O) groups is 1. The van der Waals surface area contributed by atoms with Crippen LogP contribution in [0.2, 0.25) is 0 Å². The van der Waals surface area contributed by atoms with Gasteiger partial charge >= 0.3 is 0 Å². The van der Waals surface area contributed by atoms with Gasteiger partial charge in [0.1, 0.15) is 0 Å². The van der Waals surface area contributed by atoms with Crippen LogP contribution >= 0.6 is 0 Å². The van der Waals surface area contributed by atoms with Gasteiger partial charge in [0.25, 0.3) is 0 Å². The molecule has 1 heterocycles. The molecule has 0 aliphatic rings. The van der Waals surface area contributed by atoms with Crippen molar-refractivity contribution < 1.29 is 4.79 Å². The molecular weight excluding hydrogens is 212 g/mol. The van der Waals surface area contributed by atoms with E-state index in [0.717, 1.165) is 11.4 Å². The molecule has 0 aliphatic carbocycles. The van der Waals surface area contributed by atoms with E-state index in [1.165, 1.54) is 0 Å². The van der Waals surface area contributed by atoms with Crippen molar-refractivity contribution >= 4 is 17.3 Å². The molecule has 1 aromatic heterocycles. The van der Waals surface area contributed by atoms with Crippen molar-refractivity contribution in [3.05, 3.63) is 54.9 Å². The van der Waals surface area contributed by atoms with Crippen molar-refractivity contribution in [1.29, 1.82) is 0 Å². The maximum atomic E-state index is 12.0. The Balaban J connectivity index is 2.43. The van der Waals surface area contributed by atoms with Crippen LogP contribution in [0.3, 0.4) is 0 Å². The molecule has 3 heteroatoms. The zero-order chi connectivity index (χ0) is 12.1. The molecule has 0 aliphatic heterocycles. The fraction of sp³-hybridized carbons (Fsp3) is 0.143. The first-order valence-electron chi connectivity index (χ1n) is 5.61. The van der Waals surface area contributed by atoms with Gasteiger partial charge in [-0.15, -0.1) is 0 Å². The maximum Gasteiger partial charge on any atom is 0.231 e. The van der Waals surface area contributed by atoms with E-state index in [1.807, 2.05) is 49.4 Å². The minimum absolute atomic E-state index is 0.0717. The Labute approximate surface area is 101 Å². The van der Waals surface area contributed by atoms with Gasteiger partial charge < -0.3 is 0 Å². The highest BCUT2D eigenvalue weighted by Crippen LogP contribution is 2.25. The van der Waals surface area contributed by atoms with E-state index in [2.05, 4.69) is 4.98 Å². The second-order valence-corrected chi connectivity index (χ2v) is 3.62. The Kier molecular flexibility index (Phi) is 3.50. The van der Waals surface area contributed by atoms with E-state index < -0.39 is 0 Å². The van der Waals surface area contributed by atoms with Gasteiger partial charge in [0.2, 0.25) is 5.91 Å². The molecule has 1 aromatic carbocycles. The topological polar surface area (TPSA) is 33.2 Å². The number of rotatable bonds is 3. The molecule has 86 valence electrons. The molecule has 0 unspecified atom stereocenters. The second-order valence-electron chi connectivity index (χ2n) is 3.62. The van der Waals surface area contributed by atoms with Gasteiger partial charge in [0, 0.05) is 24.5 Å². The first-order valence-corrected chi connectivity index (χ1v) is 5.61. The van der Waals surface area contributed by atoms with E-state index in [0.29, 0.717) is 6.42 Å². The molecule has 3 nitrogen and oxygen atoms in total. The van der Waals surface area contributed by atoms with Crippen molar-refractivity contribution in [3.8, 4) is 0 Å². The van der Waals surface area contributed by atoms with Crippen molar-refractivity contribution in [2.45, 2.75) is 13.3 Å². The molecule has 2 aromatic rings. The zero-order valence-electron chi connectivity index (χ0n) is 9.71. The van der Waals surface area contributed by atoms with E-state index in [-0.39, 0.29) is 5.91 Å². The Morgan fingerprint density at radius 2 is 1.65 bits per heavy atom. The average molecular weight is 226 g/mol. The van der Waals surface area contributed by atoms with Gasteiger partial charge in [0.05, 0.1) is 5.69 Å². The van der Waals surface area contributed by atoms with Crippen LogP contribution in [-0.4, -0.2) is 10.9 Å². The number of hydrogen-bond donors (Lipinski definition) is 0. The quantitative estimate of drug-likeness (QED) is 0.805. The Morgan fingerprint density at radius 1 is 1.06 bits per heavy atom. The lowest BCUT2D eigenvalue weighted by atomic mass is 10.2. The molecule has 0 atom stereocenters. The molecule has 0 bridgehead atoms. The summed E-state index contributed by atoms with van der Waals surface area (Å²) in [6.07, 6.45) is 3.85. The van der Waals surface area contributed by atoms with Crippen LogP contribution in [0.5, 0.6) is 0 Å². The summed E-state index contributed by atoms with van der Waals surface area (Å²) in [6, 6.07) is 13.3. The van der Waals surface area contributed by atoms with Gasteiger partial charge in [0.15, 0.2) is 0 Å². The van der Waals surface area contributed by atoms with Crippen molar-refractivity contribution in [1.82, 2.24) is 4.98 Å². The summed E-state index contributed by atoms with van der Waals surface area (Å²) in [5.74, 6) is 0.0717. The van der Waals surface area contributed by atoms with Crippen LogP contribution in [0.25, 0.3) is 0 Å². The lowest BCUT2D eigenvalue weighted by Crippen LogP contribution is -2.24. The number of aromatic nitrogens is 1. The molecule has 2 rings (SSSR count). The Bertz CT molecular complexity index is 443. The number of carbonyl (C=O) groups excluding carboxylic acids is 1. The predicted octanol–water partition coefficient (Wildman–Crippen LogP) is 3.16. The van der Waals surface area contributed by atoms with E-state index in [9.17, 15) is 4.79 Å². The zero-order valence-corrected chi connectivity index (χ0v) is 9.71. The Morgan fingerprint density at radius 3 is 2.24 bits per heavy atom. The number of anilines is 2. The van der Waals surface area contributed by atoms with Crippen LogP contribution in [0.15, 0.2) is 54.9 Å². The van der Waals surface area contributed by atoms with Crippen LogP contribution in [0.4, 0.5) is 11.4 Å². The summed E-state index contributed by atoms with van der Waals surface area (Å²) in [6.45, 7) is 1.86. The van der Waals surface area contributed by atoms with Crippen molar-refractivity contribution in [2.75, 3.05) is 4.90 Å². The van der Waals surface area contributed by atoms with Gasteiger partial charge in [-0.3, -0.25) is 14.7 Å². The molecule has 0 radical (unpaired) electrons. The second kappa shape index (κ2) is 5.25. The predicted molar refractivity (Wildman–Crippen MR) is 68.1 cm³/mol. The summed E-state index contributed by atoms with van der Waals surface area (Å²) < 4.78 is 0. The van der Waals surface area contributed by atoms with Crippen molar-refractivity contribution in [3.63, 3.8) is 0 Å². The molecule has 0 fully saturated rings. The smallest absolute Gasteiger partial charge is 0.231 e. The third-order valence-corrected chi connectivity index (χ3v) is 2.49. The lowest BCUT2D eigenvalue weighted by molar-refractivity contribution is -0.117. The minimum Gasteiger partial charge on any atom is -0.281 e. The largest absolute Gasteiger partial charge is 0.281 e. The molecule has 0 saturated heterocycles. The third kappa shape index (κ3) is 2.50. The van der Waals surface area contributed by atoms with Crippen LogP contribution in [0, 0.1) is 0 Å². The van der Waals surface area contributed by atoms with Gasteiger partial charge in [-0.2, -0.15) is 0 Å². The van der Waals surface area contributed by atoms with Gasteiger partial charge in [-0.05, 0) is 24.3 Å². The first kappa shape index (κ1) is 11.3. The number of hydrogen-bond acceptors (Lipinski definition) is 2. The summed E-state index contributed by atoms with van der Waals surface area (Å²) in [5, 5.41) is 0. The monoisotopic (exact) mass is 226 g/mol. The van der Waals surface area contributed by atoms with Gasteiger partial charge in [-0.25, -0.2) is 0 Å². The summed E-state index contributed by atoms with van der Waals surface area (Å²) in [7, 11) is 0. The highest BCUT2D eigenvalue weighted by atomic mass is 16.2. The van der Waals surface area contributed by atoms with Crippen LogP contribution in [-0.2, 0) is 4.79 Å². The van der Waals surface area contributed by atoms with Crippen LogP contribution < -0.4 is 4.90 Å². The molecule has 1 amide bonds. The van der Waals surface area contributed by atoms with E-state index in [4.69, 9.17) is 0 Å². The Hall–Kier alpha value is -2.16. The van der Waals surface area contributed by atoms with E-state index in [1.54, 1.807) is 17.3 Å². The molecule has 0 N–H and O–H groups in total. The minimum atomic E-state index is 0.0717. The number of nitrogens with zero attached hydrogens (tertiary/aromatic N) is 2. The normalized spacial score (nSPS) is 9.94. The molecular formula is C14H14N2O. The standard InChI is InChI=1S/C14H14N2O/c1-2-14(17)16(12-6-4-3-5-7-12)13-8-10-15-11-9-13/h3-11H,2H2,1H3. The number of para-hydroxylation sites is 1. The highest BCUT2D eigenvalue weighted by molar-refractivity contribution is 6.00. The summed E-state index contributed by atoms with van der Waals surface area (Å²) in [4.78, 5) is 17.7. The fourth-order valence-electron chi connectivity index (χ4n) is 1.67. The van der Waals surface area contributed by atoms with E-state index >= 15 is 0 Å². The summed E-state index contributed by atoms with van der Waals surface area (Å²) >= 11 is 0. The molecule has 17 heavy (non-hydrogen) atoms. The molecule has 0 spiro atoms. The SMILES string of the molecule is CCC(=O)N(c1ccccc1)c1ccncc1. The summed E-state index contributed by atoms with van der Waals surface area (Å²) in [5.41, 5.74) is 1.73. The fourth-order valence-corrected chi connectivity index (χ4v) is 1.67. The lowest BCUT2D eigenvalue weighted by Gasteiger charge is -2.22. The van der Waals surface area contributed by atoms with Crippen molar-refractivity contribution in [2.24, 2.45) is 0 Å². The number of pyridine rings is 1. The molecule has 0 saturated carbocycles. The first-order chi connectivity index (χ1) is 8.33. The highest BCUT2D eigenvalue weighted by Gasteiger charge is 2.15.